The molecule has 0 aromatic heterocycles. The molecule has 0 bridgehead atoms. The molecule has 34 heavy (non-hydrogen) atoms. The maximum absolute atomic E-state index is 13.8. The minimum atomic E-state index is -4.84. The van der Waals surface area contributed by atoms with E-state index >= 15 is 0 Å². The predicted octanol–water partition coefficient (Wildman–Crippen LogP) is 5.51. The van der Waals surface area contributed by atoms with Gasteiger partial charge in [-0.25, -0.2) is 4.39 Å². The number of anilines is 2. The van der Waals surface area contributed by atoms with Gasteiger partial charge >= 0.3 is 6.18 Å². The Hall–Kier alpha value is -4.08. The molecule has 0 atom stereocenters. The van der Waals surface area contributed by atoms with Gasteiger partial charge in [0.25, 0.3) is 11.8 Å². The Bertz CT molecular complexity index is 1240. The summed E-state index contributed by atoms with van der Waals surface area (Å²) in [6, 6.07) is 12.3. The number of carbonyl (C=O) groups is 2. The molecule has 4 rings (SSSR count). The summed E-state index contributed by atoms with van der Waals surface area (Å²) in [5.41, 5.74) is -2.14. The van der Waals surface area contributed by atoms with Crippen LogP contribution in [0.1, 0.15) is 32.7 Å². The van der Waals surface area contributed by atoms with Crippen LogP contribution in [0.25, 0.3) is 0 Å². The zero-order valence-electron chi connectivity index (χ0n) is 17.5. The summed E-state index contributed by atoms with van der Waals surface area (Å²) in [5, 5.41) is 4.49. The van der Waals surface area contributed by atoms with E-state index in [1.807, 2.05) is 0 Å². The molecule has 3 aromatic carbocycles. The molecule has 1 aliphatic rings. The van der Waals surface area contributed by atoms with Crippen LogP contribution in [0.15, 0.2) is 60.7 Å². The normalized spacial score (nSPS) is 13.1. The number of hydrogen-bond donors (Lipinski definition) is 2. The average molecular weight is 474 g/mol. The van der Waals surface area contributed by atoms with Crippen LogP contribution in [-0.2, 0) is 6.18 Å². The molecule has 10 heteroatoms. The van der Waals surface area contributed by atoms with Gasteiger partial charge in [-0.05, 0) is 48.5 Å². The fourth-order valence-electron chi connectivity index (χ4n) is 3.31. The van der Waals surface area contributed by atoms with Crippen LogP contribution in [-0.4, -0.2) is 25.0 Å². The van der Waals surface area contributed by atoms with Gasteiger partial charge in [0.05, 0.1) is 30.0 Å². The molecule has 0 saturated carbocycles. The summed E-state index contributed by atoms with van der Waals surface area (Å²) in [7, 11) is 0. The third kappa shape index (κ3) is 5.11. The molecule has 1 aliphatic heterocycles. The van der Waals surface area contributed by atoms with Crippen LogP contribution < -0.4 is 20.1 Å². The van der Waals surface area contributed by atoms with Gasteiger partial charge in [0.2, 0.25) is 0 Å². The van der Waals surface area contributed by atoms with Crippen LogP contribution in [0.3, 0.4) is 0 Å². The molecule has 1 heterocycles. The number of carbonyl (C=O) groups excluding carboxylic acids is 2. The quantitative estimate of drug-likeness (QED) is 0.489. The number of fused-ring (bicyclic) bond motifs is 1. The molecular formula is C24H18F4N2O4. The summed E-state index contributed by atoms with van der Waals surface area (Å²) >= 11 is 0. The number of halogens is 4. The van der Waals surface area contributed by atoms with Crippen molar-refractivity contribution >= 4 is 23.2 Å². The number of benzene rings is 3. The van der Waals surface area contributed by atoms with E-state index in [4.69, 9.17) is 9.47 Å². The lowest BCUT2D eigenvalue weighted by atomic mass is 10.1. The van der Waals surface area contributed by atoms with E-state index in [9.17, 15) is 27.2 Å². The van der Waals surface area contributed by atoms with E-state index < -0.39 is 35.1 Å². The van der Waals surface area contributed by atoms with Crippen LogP contribution >= 0.6 is 0 Å². The molecule has 2 N–H and O–H groups in total. The van der Waals surface area contributed by atoms with Gasteiger partial charge in [0.1, 0.15) is 5.82 Å². The predicted molar refractivity (Wildman–Crippen MR) is 116 cm³/mol. The van der Waals surface area contributed by atoms with E-state index in [0.29, 0.717) is 37.2 Å². The highest BCUT2D eigenvalue weighted by Gasteiger charge is 2.34. The van der Waals surface area contributed by atoms with E-state index in [-0.39, 0.29) is 16.8 Å². The fraction of sp³-hybridized carbons (Fsp3) is 0.167. The van der Waals surface area contributed by atoms with Gasteiger partial charge < -0.3 is 20.1 Å². The number of rotatable bonds is 4. The lowest BCUT2D eigenvalue weighted by Gasteiger charge is -2.16. The number of amides is 2. The smallest absolute Gasteiger partial charge is 0.418 e. The Balaban J connectivity index is 1.57. The lowest BCUT2D eigenvalue weighted by molar-refractivity contribution is -0.136. The van der Waals surface area contributed by atoms with Crippen molar-refractivity contribution in [1.29, 1.82) is 0 Å². The maximum atomic E-state index is 13.8. The second kappa shape index (κ2) is 9.42. The molecule has 0 unspecified atom stereocenters. The molecule has 176 valence electrons. The summed E-state index contributed by atoms with van der Waals surface area (Å²) in [4.78, 5) is 24.9. The summed E-state index contributed by atoms with van der Waals surface area (Å²) in [6.45, 7) is 0.837. The summed E-state index contributed by atoms with van der Waals surface area (Å²) < 4.78 is 65.9. The number of nitrogens with one attached hydrogen (secondary N) is 2. The first kappa shape index (κ1) is 23.1. The Labute approximate surface area is 191 Å². The molecule has 0 aliphatic carbocycles. The van der Waals surface area contributed by atoms with E-state index in [1.165, 1.54) is 42.5 Å². The maximum Gasteiger partial charge on any atom is 0.418 e. The zero-order chi connectivity index (χ0) is 24.3. The highest BCUT2D eigenvalue weighted by molar-refractivity contribution is 6.06. The van der Waals surface area contributed by atoms with Crippen LogP contribution in [0.5, 0.6) is 11.5 Å². The Morgan fingerprint density at radius 2 is 1.56 bits per heavy atom. The highest BCUT2D eigenvalue weighted by Crippen LogP contribution is 2.37. The molecule has 2 amide bonds. The van der Waals surface area contributed by atoms with Crippen molar-refractivity contribution in [2.45, 2.75) is 12.6 Å². The van der Waals surface area contributed by atoms with Gasteiger partial charge in [-0.2, -0.15) is 13.2 Å². The summed E-state index contributed by atoms with van der Waals surface area (Å²) in [5.74, 6) is -1.73. The Morgan fingerprint density at radius 3 is 2.29 bits per heavy atom. The zero-order valence-corrected chi connectivity index (χ0v) is 17.5. The number of alkyl halides is 3. The molecule has 0 radical (unpaired) electrons. The Morgan fingerprint density at radius 1 is 0.824 bits per heavy atom. The molecule has 3 aromatic rings. The Kier molecular flexibility index (Phi) is 6.40. The van der Waals surface area contributed by atoms with Gasteiger partial charge in [0, 0.05) is 17.7 Å². The van der Waals surface area contributed by atoms with Gasteiger partial charge in [-0.15, -0.1) is 0 Å². The molecule has 0 saturated heterocycles. The van der Waals surface area contributed by atoms with Crippen LogP contribution in [0.4, 0.5) is 28.9 Å². The minimum absolute atomic E-state index is 0.0781. The summed E-state index contributed by atoms with van der Waals surface area (Å²) in [6.07, 6.45) is -4.18. The topological polar surface area (TPSA) is 76.7 Å². The fourth-order valence-corrected chi connectivity index (χ4v) is 3.31. The number of ether oxygens (including phenoxy) is 2. The lowest BCUT2D eigenvalue weighted by Crippen LogP contribution is -2.18. The van der Waals surface area contributed by atoms with E-state index in [2.05, 4.69) is 10.6 Å². The first-order chi connectivity index (χ1) is 16.2. The first-order valence-corrected chi connectivity index (χ1v) is 10.2. The van der Waals surface area contributed by atoms with Crippen molar-refractivity contribution in [1.82, 2.24) is 0 Å². The van der Waals surface area contributed by atoms with Crippen molar-refractivity contribution in [3.63, 3.8) is 0 Å². The average Bonchev–Trinajstić information content (AvgIpc) is 3.04. The third-order valence-corrected chi connectivity index (χ3v) is 4.96. The van der Waals surface area contributed by atoms with Gasteiger partial charge in [-0.3, -0.25) is 9.59 Å². The van der Waals surface area contributed by atoms with E-state index in [1.54, 1.807) is 0 Å². The third-order valence-electron chi connectivity index (χ3n) is 4.96. The number of hydrogen-bond acceptors (Lipinski definition) is 4. The highest BCUT2D eigenvalue weighted by atomic mass is 19.4. The second-order valence-electron chi connectivity index (χ2n) is 7.36. The van der Waals surface area contributed by atoms with Crippen molar-refractivity contribution < 1.29 is 36.6 Å². The van der Waals surface area contributed by atoms with Crippen molar-refractivity contribution in [2.75, 3.05) is 23.8 Å². The van der Waals surface area contributed by atoms with Crippen LogP contribution in [0, 0.1) is 5.82 Å². The van der Waals surface area contributed by atoms with Crippen molar-refractivity contribution in [2.24, 2.45) is 0 Å². The monoisotopic (exact) mass is 474 g/mol. The molecule has 0 fully saturated rings. The molecule has 0 spiro atoms. The van der Waals surface area contributed by atoms with Crippen molar-refractivity contribution in [3.8, 4) is 11.5 Å². The van der Waals surface area contributed by atoms with Crippen molar-refractivity contribution in [3.05, 3.63) is 83.2 Å². The van der Waals surface area contributed by atoms with E-state index in [0.717, 1.165) is 12.1 Å². The first-order valence-electron chi connectivity index (χ1n) is 10.2. The minimum Gasteiger partial charge on any atom is -0.490 e. The molecular weight excluding hydrogens is 456 g/mol. The van der Waals surface area contributed by atoms with Crippen LogP contribution in [0.2, 0.25) is 0 Å². The van der Waals surface area contributed by atoms with Gasteiger partial charge in [0.15, 0.2) is 11.5 Å². The van der Waals surface area contributed by atoms with Gasteiger partial charge in [-0.1, -0.05) is 12.1 Å². The largest absolute Gasteiger partial charge is 0.490 e. The molecule has 6 nitrogen and oxygen atoms in total. The SMILES string of the molecule is O=C(Nc1ccc(NC(=O)c2ccccc2F)cc1C(F)(F)F)c1ccc2c(c1)OCCCO2. The second-order valence-corrected chi connectivity index (χ2v) is 7.36. The standard InChI is InChI=1S/C24H18F4N2O4/c25-18-5-2-1-4-16(18)23(32)29-15-7-8-19(17(13-15)24(26,27)28)30-22(31)14-6-9-20-21(12-14)34-11-3-10-33-20/h1-2,4-9,12-13H,3,10-11H2,(H,29,32)(H,30,31).